The van der Waals surface area contributed by atoms with E-state index < -0.39 is 0 Å². The fraction of sp³-hybridized carbons (Fsp3) is 0.667. The van der Waals surface area contributed by atoms with Gasteiger partial charge in [0.2, 0.25) is 5.91 Å². The number of guanidine groups is 1. The summed E-state index contributed by atoms with van der Waals surface area (Å²) in [6.07, 6.45) is 2.31. The molecule has 0 radical (unpaired) electrons. The van der Waals surface area contributed by atoms with Crippen molar-refractivity contribution in [1.82, 2.24) is 16.0 Å². The number of hydrogen-bond donors (Lipinski definition) is 3. The van der Waals surface area contributed by atoms with Crippen LogP contribution in [-0.2, 0) is 4.79 Å². The highest BCUT2D eigenvalue weighted by atomic mass is 127. The number of halogens is 1. The summed E-state index contributed by atoms with van der Waals surface area (Å²) in [5.74, 6) is 0.417. The van der Waals surface area contributed by atoms with Crippen molar-refractivity contribution >= 4 is 35.8 Å². The maximum absolute atomic E-state index is 11.1. The minimum atomic E-state index is -0.213. The lowest BCUT2D eigenvalue weighted by Crippen LogP contribution is -2.43. The summed E-state index contributed by atoms with van der Waals surface area (Å²) in [4.78, 5) is 15.1. The van der Waals surface area contributed by atoms with Crippen LogP contribution in [0.25, 0.3) is 0 Å². The molecule has 1 fully saturated rings. The largest absolute Gasteiger partial charge is 0.354 e. The molecular weight excluding hydrogens is 321 g/mol. The Kier molecular flexibility index (Phi) is 7.62. The molecule has 0 aromatic rings. The average Bonchev–Trinajstić information content (AvgIpc) is 3.04. The molecule has 6 nitrogen and oxygen atoms in total. The molecule has 0 saturated heterocycles. The zero-order valence-electron chi connectivity index (χ0n) is 9.12. The fourth-order valence-electron chi connectivity index (χ4n) is 0.980. The second-order valence-corrected chi connectivity index (χ2v) is 3.28. The Hall–Kier alpha value is -1.04. The topological polar surface area (TPSA) is 89.3 Å². The van der Waals surface area contributed by atoms with Crippen molar-refractivity contribution in [3.8, 4) is 6.07 Å². The molecule has 1 aliphatic rings. The quantitative estimate of drug-likeness (QED) is 0.281. The highest BCUT2D eigenvalue weighted by Gasteiger charge is 2.22. The highest BCUT2D eigenvalue weighted by molar-refractivity contribution is 14.0. The van der Waals surface area contributed by atoms with E-state index >= 15 is 0 Å². The SMILES string of the molecule is CN=C(NCC(=O)NCC#N)NC1CC1.I. The van der Waals surface area contributed by atoms with Gasteiger partial charge in [0, 0.05) is 13.1 Å². The van der Waals surface area contributed by atoms with Crippen molar-refractivity contribution in [2.75, 3.05) is 20.1 Å². The van der Waals surface area contributed by atoms with E-state index in [4.69, 9.17) is 5.26 Å². The average molecular weight is 337 g/mol. The van der Waals surface area contributed by atoms with Crippen LogP contribution in [0.15, 0.2) is 4.99 Å². The molecule has 7 heteroatoms. The first-order valence-corrected chi connectivity index (χ1v) is 4.87. The van der Waals surface area contributed by atoms with Crippen molar-refractivity contribution in [3.05, 3.63) is 0 Å². The minimum absolute atomic E-state index is 0. The number of nitrogens with one attached hydrogen (secondary N) is 3. The lowest BCUT2D eigenvalue weighted by atomic mass is 10.5. The van der Waals surface area contributed by atoms with Crippen LogP contribution >= 0.6 is 24.0 Å². The van der Waals surface area contributed by atoms with Crippen molar-refractivity contribution in [2.24, 2.45) is 4.99 Å². The summed E-state index contributed by atoms with van der Waals surface area (Å²) in [6, 6.07) is 2.34. The third-order valence-electron chi connectivity index (χ3n) is 1.92. The molecule has 0 unspecified atom stereocenters. The van der Waals surface area contributed by atoms with Crippen LogP contribution in [0.2, 0.25) is 0 Å². The van der Waals surface area contributed by atoms with E-state index in [2.05, 4.69) is 20.9 Å². The number of nitriles is 1. The zero-order valence-corrected chi connectivity index (χ0v) is 11.4. The van der Waals surface area contributed by atoms with Crippen LogP contribution < -0.4 is 16.0 Å². The minimum Gasteiger partial charge on any atom is -0.354 e. The van der Waals surface area contributed by atoms with E-state index in [9.17, 15) is 4.79 Å². The fourth-order valence-corrected chi connectivity index (χ4v) is 0.980. The summed E-state index contributed by atoms with van der Waals surface area (Å²) in [5.41, 5.74) is 0. The van der Waals surface area contributed by atoms with Gasteiger partial charge in [-0.05, 0) is 12.8 Å². The maximum Gasteiger partial charge on any atom is 0.240 e. The summed E-state index contributed by atoms with van der Waals surface area (Å²) in [5, 5.41) is 16.7. The van der Waals surface area contributed by atoms with Crippen LogP contribution in [0.4, 0.5) is 0 Å². The number of hydrogen-bond acceptors (Lipinski definition) is 3. The van der Waals surface area contributed by atoms with E-state index in [1.54, 1.807) is 7.05 Å². The molecule has 0 spiro atoms. The van der Waals surface area contributed by atoms with Gasteiger partial charge < -0.3 is 16.0 Å². The van der Waals surface area contributed by atoms with Crippen LogP contribution in [-0.4, -0.2) is 38.0 Å². The number of nitrogens with zero attached hydrogens (tertiary/aromatic N) is 2. The maximum atomic E-state index is 11.1. The first kappa shape index (κ1) is 15.0. The summed E-state index contributed by atoms with van der Waals surface area (Å²) < 4.78 is 0. The Morgan fingerprint density at radius 1 is 1.50 bits per heavy atom. The van der Waals surface area contributed by atoms with Gasteiger partial charge in [-0.2, -0.15) is 5.26 Å². The summed E-state index contributed by atoms with van der Waals surface area (Å²) in [7, 11) is 1.66. The normalized spacial score (nSPS) is 14.4. The molecule has 0 atom stereocenters. The molecule has 0 heterocycles. The van der Waals surface area contributed by atoms with E-state index in [0.29, 0.717) is 12.0 Å². The van der Waals surface area contributed by atoms with Crippen molar-refractivity contribution in [3.63, 3.8) is 0 Å². The van der Waals surface area contributed by atoms with Gasteiger partial charge >= 0.3 is 0 Å². The van der Waals surface area contributed by atoms with E-state index in [0.717, 1.165) is 12.8 Å². The predicted octanol–water partition coefficient (Wildman–Crippen LogP) is -0.428. The molecule has 3 N–H and O–H groups in total. The summed E-state index contributed by atoms with van der Waals surface area (Å²) in [6.45, 7) is 0.170. The van der Waals surface area contributed by atoms with Crippen LogP contribution in [0.1, 0.15) is 12.8 Å². The first-order valence-electron chi connectivity index (χ1n) is 4.87. The molecule has 0 aromatic heterocycles. The van der Waals surface area contributed by atoms with E-state index in [1.807, 2.05) is 6.07 Å². The Morgan fingerprint density at radius 3 is 2.69 bits per heavy atom. The van der Waals surface area contributed by atoms with Crippen molar-refractivity contribution in [1.29, 1.82) is 5.26 Å². The standard InChI is InChI=1S/C9H15N5O.HI/c1-11-9(14-7-2-3-7)13-6-8(15)12-5-4-10;/h7H,2-3,5-6H2,1H3,(H,12,15)(H2,11,13,14);1H. The monoisotopic (exact) mass is 337 g/mol. The molecule has 90 valence electrons. The Morgan fingerprint density at radius 2 is 2.19 bits per heavy atom. The molecule has 0 aliphatic heterocycles. The van der Waals surface area contributed by atoms with Crippen molar-refractivity contribution < 1.29 is 4.79 Å². The second-order valence-electron chi connectivity index (χ2n) is 3.28. The van der Waals surface area contributed by atoms with Crippen LogP contribution in [0.5, 0.6) is 0 Å². The number of rotatable bonds is 4. The molecule has 1 rings (SSSR count). The lowest BCUT2D eigenvalue weighted by Gasteiger charge is -2.10. The number of amides is 1. The van der Waals surface area contributed by atoms with Crippen LogP contribution in [0.3, 0.4) is 0 Å². The van der Waals surface area contributed by atoms with E-state index in [1.165, 1.54) is 0 Å². The van der Waals surface area contributed by atoms with Gasteiger partial charge in [-0.25, -0.2) is 0 Å². The third kappa shape index (κ3) is 6.44. The molecule has 0 bridgehead atoms. The van der Waals surface area contributed by atoms with E-state index in [-0.39, 0.29) is 43.0 Å². The second kappa shape index (κ2) is 8.15. The van der Waals surface area contributed by atoms with Gasteiger partial charge in [0.25, 0.3) is 0 Å². The summed E-state index contributed by atoms with van der Waals surface area (Å²) >= 11 is 0. The third-order valence-corrected chi connectivity index (χ3v) is 1.92. The lowest BCUT2D eigenvalue weighted by molar-refractivity contribution is -0.119. The zero-order chi connectivity index (χ0) is 11.1. The molecule has 1 saturated carbocycles. The Labute approximate surface area is 112 Å². The van der Waals surface area contributed by atoms with Gasteiger partial charge in [0.1, 0.15) is 6.54 Å². The molecule has 0 aromatic carbocycles. The van der Waals surface area contributed by atoms with Gasteiger partial charge in [-0.3, -0.25) is 9.79 Å². The molecule has 1 amide bonds. The molecule has 1 aliphatic carbocycles. The smallest absolute Gasteiger partial charge is 0.240 e. The number of carbonyl (C=O) groups excluding carboxylic acids is 1. The Balaban J connectivity index is 0.00000225. The highest BCUT2D eigenvalue weighted by Crippen LogP contribution is 2.18. The number of aliphatic imine (C=N–C) groups is 1. The van der Waals surface area contributed by atoms with Gasteiger partial charge in [-0.1, -0.05) is 0 Å². The van der Waals surface area contributed by atoms with Gasteiger partial charge in [0.15, 0.2) is 5.96 Å². The predicted molar refractivity (Wildman–Crippen MR) is 71.6 cm³/mol. The van der Waals surface area contributed by atoms with Gasteiger partial charge in [-0.15, -0.1) is 24.0 Å². The van der Waals surface area contributed by atoms with Crippen molar-refractivity contribution in [2.45, 2.75) is 18.9 Å². The first-order chi connectivity index (χ1) is 7.26. The Bertz CT molecular complexity index is 295. The molecule has 16 heavy (non-hydrogen) atoms. The number of carbonyl (C=O) groups is 1. The molecular formula is C9H16IN5O. The van der Waals surface area contributed by atoms with Gasteiger partial charge in [0.05, 0.1) is 12.6 Å². The van der Waals surface area contributed by atoms with Crippen LogP contribution in [0, 0.1) is 11.3 Å².